The Morgan fingerprint density at radius 2 is 1.71 bits per heavy atom. The van der Waals surface area contributed by atoms with E-state index in [1.165, 1.54) is 19.3 Å². The fourth-order valence-electron chi connectivity index (χ4n) is 3.69. The van der Waals surface area contributed by atoms with E-state index in [1.54, 1.807) is 4.31 Å². The molecule has 0 aromatic rings. The summed E-state index contributed by atoms with van der Waals surface area (Å²) < 4.78 is 30.2. The van der Waals surface area contributed by atoms with Gasteiger partial charge in [0, 0.05) is 24.7 Å². The molecule has 21 heavy (non-hydrogen) atoms. The molecule has 3 N–H and O–H groups in total. The van der Waals surface area contributed by atoms with Crippen molar-refractivity contribution < 1.29 is 8.42 Å². The second-order valence-corrected chi connectivity index (χ2v) is 8.44. The molecule has 0 spiro atoms. The molecule has 1 unspecified atom stereocenters. The van der Waals surface area contributed by atoms with E-state index in [0.717, 1.165) is 44.9 Å². The smallest absolute Gasteiger partial charge is 0.280 e. The Kier molecular flexibility index (Phi) is 6.05. The zero-order chi connectivity index (χ0) is 15.3. The van der Waals surface area contributed by atoms with Crippen LogP contribution in [0.25, 0.3) is 0 Å². The van der Waals surface area contributed by atoms with Crippen LogP contribution in [-0.4, -0.2) is 37.4 Å². The molecule has 2 aliphatic rings. The molecule has 1 atom stereocenters. The van der Waals surface area contributed by atoms with E-state index in [1.807, 2.05) is 6.92 Å². The van der Waals surface area contributed by atoms with E-state index >= 15 is 0 Å². The second-order valence-electron chi connectivity index (χ2n) is 6.81. The molecule has 1 aliphatic heterocycles. The lowest BCUT2D eigenvalue weighted by Gasteiger charge is -2.39. The highest BCUT2D eigenvalue weighted by molar-refractivity contribution is 7.87. The molecular formula is C15H31N3O2S. The van der Waals surface area contributed by atoms with Crippen LogP contribution in [0.2, 0.25) is 0 Å². The summed E-state index contributed by atoms with van der Waals surface area (Å²) in [5.41, 5.74) is 5.55. The molecule has 2 rings (SSSR count). The second kappa shape index (κ2) is 7.40. The molecule has 0 aromatic carbocycles. The molecule has 0 radical (unpaired) electrons. The SMILES string of the molecule is CC1CCCCN1S(=O)(=O)NC1(CN)CCCCCCC1. The molecule has 1 saturated heterocycles. The van der Waals surface area contributed by atoms with Crippen molar-refractivity contribution in [3.8, 4) is 0 Å². The highest BCUT2D eigenvalue weighted by atomic mass is 32.2. The summed E-state index contributed by atoms with van der Waals surface area (Å²) in [6, 6.07) is 0.0969. The van der Waals surface area contributed by atoms with Crippen LogP contribution < -0.4 is 10.5 Å². The number of hydrogen-bond donors (Lipinski definition) is 2. The summed E-state index contributed by atoms with van der Waals surface area (Å²) in [6.45, 7) is 3.04. The van der Waals surface area contributed by atoms with Crippen molar-refractivity contribution in [2.24, 2.45) is 5.73 Å². The Hall–Kier alpha value is -0.170. The van der Waals surface area contributed by atoms with Crippen molar-refractivity contribution >= 4 is 10.2 Å². The predicted octanol–water partition coefficient (Wildman–Crippen LogP) is 2.14. The fourth-order valence-corrected chi connectivity index (χ4v) is 5.59. The predicted molar refractivity (Wildman–Crippen MR) is 86.2 cm³/mol. The maximum atomic E-state index is 12.8. The molecule has 6 heteroatoms. The first-order valence-electron chi connectivity index (χ1n) is 8.50. The van der Waals surface area contributed by atoms with Gasteiger partial charge >= 0.3 is 0 Å². The van der Waals surface area contributed by atoms with E-state index in [4.69, 9.17) is 5.73 Å². The summed E-state index contributed by atoms with van der Waals surface area (Å²) in [5, 5.41) is 0. The van der Waals surface area contributed by atoms with Crippen LogP contribution in [0.5, 0.6) is 0 Å². The van der Waals surface area contributed by atoms with Crippen LogP contribution in [0.15, 0.2) is 0 Å². The summed E-state index contributed by atoms with van der Waals surface area (Å²) in [6.07, 6.45) is 10.5. The molecule has 1 heterocycles. The summed E-state index contributed by atoms with van der Waals surface area (Å²) in [5.74, 6) is 0. The van der Waals surface area contributed by atoms with Gasteiger partial charge in [-0.2, -0.15) is 17.4 Å². The first-order valence-corrected chi connectivity index (χ1v) is 9.94. The molecular weight excluding hydrogens is 286 g/mol. The quantitative estimate of drug-likeness (QED) is 0.834. The Bertz CT molecular complexity index is 417. The minimum Gasteiger partial charge on any atom is -0.329 e. The Morgan fingerprint density at radius 1 is 1.10 bits per heavy atom. The highest BCUT2D eigenvalue weighted by Gasteiger charge is 2.38. The number of rotatable bonds is 4. The summed E-state index contributed by atoms with van der Waals surface area (Å²) >= 11 is 0. The van der Waals surface area contributed by atoms with Gasteiger partial charge in [-0.05, 0) is 32.6 Å². The molecule has 2 fully saturated rings. The third kappa shape index (κ3) is 4.41. The van der Waals surface area contributed by atoms with Crippen molar-refractivity contribution in [1.82, 2.24) is 9.03 Å². The van der Waals surface area contributed by atoms with Crippen molar-refractivity contribution in [3.05, 3.63) is 0 Å². The summed E-state index contributed by atoms with van der Waals surface area (Å²) in [4.78, 5) is 0. The molecule has 5 nitrogen and oxygen atoms in total. The van der Waals surface area contributed by atoms with E-state index in [0.29, 0.717) is 13.1 Å². The number of nitrogens with one attached hydrogen (secondary N) is 1. The van der Waals surface area contributed by atoms with Gasteiger partial charge in [-0.1, -0.05) is 38.5 Å². The van der Waals surface area contributed by atoms with Gasteiger partial charge in [0.05, 0.1) is 0 Å². The minimum absolute atomic E-state index is 0.0969. The first-order chi connectivity index (χ1) is 9.99. The first kappa shape index (κ1) is 17.2. The molecule has 0 aromatic heterocycles. The van der Waals surface area contributed by atoms with E-state index in [9.17, 15) is 8.42 Å². The molecule has 124 valence electrons. The lowest BCUT2D eigenvalue weighted by atomic mass is 9.85. The van der Waals surface area contributed by atoms with Gasteiger partial charge in [0.1, 0.15) is 0 Å². The largest absolute Gasteiger partial charge is 0.329 e. The highest BCUT2D eigenvalue weighted by Crippen LogP contribution is 2.28. The van der Waals surface area contributed by atoms with Crippen molar-refractivity contribution in [3.63, 3.8) is 0 Å². The van der Waals surface area contributed by atoms with Crippen LogP contribution in [0.4, 0.5) is 0 Å². The number of nitrogens with zero attached hydrogens (tertiary/aromatic N) is 1. The van der Waals surface area contributed by atoms with Crippen LogP contribution in [0, 0.1) is 0 Å². The maximum absolute atomic E-state index is 12.8. The van der Waals surface area contributed by atoms with Gasteiger partial charge in [-0.25, -0.2) is 0 Å². The lowest BCUT2D eigenvalue weighted by molar-refractivity contribution is 0.245. The van der Waals surface area contributed by atoms with Crippen LogP contribution in [-0.2, 0) is 10.2 Å². The Morgan fingerprint density at radius 3 is 2.29 bits per heavy atom. The van der Waals surface area contributed by atoms with E-state index < -0.39 is 15.7 Å². The van der Waals surface area contributed by atoms with Crippen molar-refractivity contribution in [2.45, 2.75) is 82.7 Å². The van der Waals surface area contributed by atoms with Crippen LogP contribution >= 0.6 is 0 Å². The Labute approximate surface area is 129 Å². The zero-order valence-corrected chi connectivity index (χ0v) is 14.1. The topological polar surface area (TPSA) is 75.4 Å². The Balaban J connectivity index is 2.11. The van der Waals surface area contributed by atoms with Gasteiger partial charge in [0.2, 0.25) is 0 Å². The molecule has 1 saturated carbocycles. The fraction of sp³-hybridized carbons (Fsp3) is 1.00. The lowest BCUT2D eigenvalue weighted by Crippen LogP contribution is -2.59. The average Bonchev–Trinajstić information content (AvgIpc) is 2.42. The number of hydrogen-bond acceptors (Lipinski definition) is 3. The average molecular weight is 317 g/mol. The number of piperidine rings is 1. The van der Waals surface area contributed by atoms with Gasteiger partial charge in [0.15, 0.2) is 0 Å². The molecule has 0 bridgehead atoms. The van der Waals surface area contributed by atoms with Gasteiger partial charge < -0.3 is 5.73 Å². The van der Waals surface area contributed by atoms with E-state index in [2.05, 4.69) is 4.72 Å². The normalized spacial score (nSPS) is 28.8. The monoisotopic (exact) mass is 317 g/mol. The number of nitrogens with two attached hydrogens (primary N) is 1. The molecule has 1 aliphatic carbocycles. The van der Waals surface area contributed by atoms with Gasteiger partial charge in [-0.15, -0.1) is 0 Å². The van der Waals surface area contributed by atoms with Gasteiger partial charge in [-0.3, -0.25) is 0 Å². The van der Waals surface area contributed by atoms with Crippen molar-refractivity contribution in [2.75, 3.05) is 13.1 Å². The van der Waals surface area contributed by atoms with Crippen molar-refractivity contribution in [1.29, 1.82) is 0 Å². The third-order valence-electron chi connectivity index (χ3n) is 5.10. The molecule has 0 amide bonds. The standard InChI is InChI=1S/C15H31N3O2S/c1-14-9-5-8-12-18(14)21(19,20)17-15(13-16)10-6-3-2-4-7-11-15/h14,17H,2-13,16H2,1H3. The van der Waals surface area contributed by atoms with Crippen LogP contribution in [0.3, 0.4) is 0 Å². The summed E-state index contributed by atoms with van der Waals surface area (Å²) in [7, 11) is -3.43. The zero-order valence-electron chi connectivity index (χ0n) is 13.3. The minimum atomic E-state index is -3.43. The van der Waals surface area contributed by atoms with Gasteiger partial charge in [0.25, 0.3) is 10.2 Å². The van der Waals surface area contributed by atoms with E-state index in [-0.39, 0.29) is 6.04 Å². The van der Waals surface area contributed by atoms with Crippen LogP contribution in [0.1, 0.15) is 71.1 Å². The third-order valence-corrected chi connectivity index (χ3v) is 6.95. The maximum Gasteiger partial charge on any atom is 0.280 e.